The Morgan fingerprint density at radius 3 is 2.00 bits per heavy atom. The first-order valence-electron chi connectivity index (χ1n) is 11.0. The summed E-state index contributed by atoms with van der Waals surface area (Å²) in [6, 6.07) is 0. The van der Waals surface area contributed by atoms with E-state index < -0.39 is 88.3 Å². The van der Waals surface area contributed by atoms with Gasteiger partial charge in [0, 0.05) is 36.2 Å². The lowest BCUT2D eigenvalue weighted by molar-refractivity contribution is -0.144. The van der Waals surface area contributed by atoms with Gasteiger partial charge in [0.15, 0.2) is 11.5 Å². The van der Waals surface area contributed by atoms with E-state index in [2.05, 4.69) is 0 Å². The Labute approximate surface area is 196 Å². The number of aliphatic hydroxyl groups is 1. The third-order valence-electron chi connectivity index (χ3n) is 7.30. The molecule has 3 atom stereocenters. The Morgan fingerprint density at radius 1 is 0.971 bits per heavy atom. The first kappa shape index (κ1) is 25.5. The van der Waals surface area contributed by atoms with Crippen molar-refractivity contribution in [2.24, 2.45) is 11.3 Å². The van der Waals surface area contributed by atoms with Gasteiger partial charge in [-0.1, -0.05) is 20.8 Å². The first-order valence-corrected chi connectivity index (χ1v) is 11.0. The second-order valence-electron chi connectivity index (χ2n) is 9.93. The van der Waals surface area contributed by atoms with Gasteiger partial charge in [0.1, 0.15) is 19.0 Å². The molecule has 0 unspecified atom stereocenters. The Hall–Kier alpha value is -3.14. The third kappa shape index (κ3) is 3.79. The molecule has 0 heterocycles. The van der Waals surface area contributed by atoms with Crippen LogP contribution in [0.3, 0.4) is 0 Å². The normalized spacial score (nSPS) is 25.5. The highest BCUT2D eigenvalue weighted by Gasteiger charge is 2.61. The summed E-state index contributed by atoms with van der Waals surface area (Å²) in [7, 11) is 0. The minimum Gasteiger partial charge on any atom is -0.507 e. The molecule has 34 heavy (non-hydrogen) atoms. The molecule has 1 aromatic rings. The summed E-state index contributed by atoms with van der Waals surface area (Å²) in [6.45, 7) is 6.36. The lowest BCUT2D eigenvalue weighted by Crippen LogP contribution is -2.59. The van der Waals surface area contributed by atoms with Crippen molar-refractivity contribution in [2.75, 3.05) is 13.2 Å². The number of phenolic OH excluding ortho intramolecular Hbond substituents is 3. The van der Waals surface area contributed by atoms with Crippen LogP contribution in [0.1, 0.15) is 74.9 Å². The van der Waals surface area contributed by atoms with Crippen molar-refractivity contribution in [1.82, 2.24) is 0 Å². The van der Waals surface area contributed by atoms with Crippen LogP contribution in [0.5, 0.6) is 17.2 Å². The predicted molar refractivity (Wildman–Crippen MR) is 117 cm³/mol. The van der Waals surface area contributed by atoms with Crippen molar-refractivity contribution in [1.29, 1.82) is 0 Å². The maximum atomic E-state index is 13.3. The predicted octanol–water partition coefficient (Wildman–Crippen LogP) is 1.83. The number of aliphatic hydroxyl groups excluding tert-OH is 1. The van der Waals surface area contributed by atoms with Crippen molar-refractivity contribution in [3.63, 3.8) is 0 Å². The van der Waals surface area contributed by atoms with E-state index in [1.54, 1.807) is 20.8 Å². The SMILES string of the molecule is CC(=O)OCC(COC(C)=O)c1c(O)c(O)c2c(c1O)C(=O)C(=O)[C@H]1C(C)(C)[C@H](O)CC[C@]21C. The highest BCUT2D eigenvalue weighted by Crippen LogP contribution is 2.61. The molecular formula is C24H30O10. The maximum absolute atomic E-state index is 13.3. The van der Waals surface area contributed by atoms with Gasteiger partial charge in [-0.15, -0.1) is 0 Å². The topological polar surface area (TPSA) is 168 Å². The molecule has 0 aromatic heterocycles. The van der Waals surface area contributed by atoms with Gasteiger partial charge in [0.05, 0.1) is 23.1 Å². The van der Waals surface area contributed by atoms with Crippen LogP contribution in [0.15, 0.2) is 0 Å². The molecule has 1 saturated carbocycles. The van der Waals surface area contributed by atoms with E-state index >= 15 is 0 Å². The molecule has 0 radical (unpaired) electrons. The smallest absolute Gasteiger partial charge is 0.302 e. The van der Waals surface area contributed by atoms with Crippen LogP contribution in [0, 0.1) is 11.3 Å². The number of hydrogen-bond acceptors (Lipinski definition) is 10. The summed E-state index contributed by atoms with van der Waals surface area (Å²) in [5.74, 6) is -7.60. The largest absolute Gasteiger partial charge is 0.507 e. The Balaban J connectivity index is 2.27. The quantitative estimate of drug-likeness (QED) is 0.212. The second-order valence-corrected chi connectivity index (χ2v) is 9.93. The zero-order chi connectivity index (χ0) is 25.7. The van der Waals surface area contributed by atoms with Gasteiger partial charge in [0.25, 0.3) is 0 Å². The van der Waals surface area contributed by atoms with E-state index in [9.17, 15) is 39.6 Å². The highest BCUT2D eigenvalue weighted by molar-refractivity contribution is 6.47. The number of ether oxygens (including phenoxy) is 2. The van der Waals surface area contributed by atoms with Gasteiger partial charge >= 0.3 is 11.9 Å². The van der Waals surface area contributed by atoms with Crippen molar-refractivity contribution in [3.8, 4) is 17.2 Å². The molecule has 1 aromatic carbocycles. The van der Waals surface area contributed by atoms with Gasteiger partial charge in [-0.05, 0) is 12.8 Å². The van der Waals surface area contributed by atoms with E-state index in [1.165, 1.54) is 0 Å². The third-order valence-corrected chi connectivity index (χ3v) is 7.30. The van der Waals surface area contributed by atoms with E-state index in [1.807, 2.05) is 0 Å². The summed E-state index contributed by atoms with van der Waals surface area (Å²) < 4.78 is 9.93. The van der Waals surface area contributed by atoms with Crippen LogP contribution in [-0.2, 0) is 29.3 Å². The zero-order valence-corrected chi connectivity index (χ0v) is 19.8. The van der Waals surface area contributed by atoms with Gasteiger partial charge in [-0.3, -0.25) is 19.2 Å². The van der Waals surface area contributed by atoms with Crippen molar-refractivity contribution in [3.05, 3.63) is 16.7 Å². The van der Waals surface area contributed by atoms with Crippen LogP contribution in [0.4, 0.5) is 0 Å². The lowest BCUT2D eigenvalue weighted by atomic mass is 9.48. The number of ketones is 2. The number of carbonyl (C=O) groups is 4. The molecule has 186 valence electrons. The number of Topliss-reactive ketones (excluding diaryl/α,β-unsaturated/α-hetero) is 2. The van der Waals surface area contributed by atoms with Gasteiger partial charge < -0.3 is 29.9 Å². The molecule has 0 saturated heterocycles. The summed E-state index contributed by atoms with van der Waals surface area (Å²) in [5, 5.41) is 43.7. The molecule has 3 rings (SSSR count). The van der Waals surface area contributed by atoms with Crippen LogP contribution in [-0.4, -0.2) is 63.2 Å². The van der Waals surface area contributed by atoms with Gasteiger partial charge in [-0.25, -0.2) is 0 Å². The number of hydrogen-bond donors (Lipinski definition) is 4. The monoisotopic (exact) mass is 478 g/mol. The fourth-order valence-electron chi connectivity index (χ4n) is 5.66. The Bertz CT molecular complexity index is 1050. The molecule has 0 aliphatic heterocycles. The first-order chi connectivity index (χ1) is 15.7. The number of phenols is 3. The molecule has 0 amide bonds. The molecule has 0 bridgehead atoms. The summed E-state index contributed by atoms with van der Waals surface area (Å²) in [5.41, 5.74) is -3.07. The molecule has 2 aliphatic carbocycles. The second kappa shape index (κ2) is 8.57. The van der Waals surface area contributed by atoms with E-state index in [0.29, 0.717) is 0 Å². The highest BCUT2D eigenvalue weighted by atomic mass is 16.5. The average Bonchev–Trinajstić information content (AvgIpc) is 2.73. The molecule has 2 aliphatic rings. The number of rotatable bonds is 5. The van der Waals surface area contributed by atoms with Crippen LogP contribution >= 0.6 is 0 Å². The summed E-state index contributed by atoms with van der Waals surface area (Å²) >= 11 is 0. The number of benzene rings is 1. The lowest BCUT2D eigenvalue weighted by Gasteiger charge is -2.54. The fourth-order valence-corrected chi connectivity index (χ4v) is 5.66. The molecule has 1 fully saturated rings. The summed E-state index contributed by atoms with van der Waals surface area (Å²) in [4.78, 5) is 49.2. The van der Waals surface area contributed by atoms with Crippen molar-refractivity contribution < 1.29 is 49.1 Å². The van der Waals surface area contributed by atoms with Gasteiger partial charge in [0.2, 0.25) is 11.6 Å². The number of fused-ring (bicyclic) bond motifs is 3. The molecular weight excluding hydrogens is 448 g/mol. The zero-order valence-electron chi connectivity index (χ0n) is 19.8. The minimum absolute atomic E-state index is 0.0699. The van der Waals surface area contributed by atoms with E-state index in [-0.39, 0.29) is 24.0 Å². The molecule has 10 nitrogen and oxygen atoms in total. The number of aromatic hydroxyl groups is 3. The van der Waals surface area contributed by atoms with Crippen LogP contribution < -0.4 is 0 Å². The number of esters is 2. The van der Waals surface area contributed by atoms with E-state index in [4.69, 9.17) is 9.47 Å². The molecule has 10 heteroatoms. The van der Waals surface area contributed by atoms with Crippen LogP contribution in [0.25, 0.3) is 0 Å². The Kier molecular flexibility index (Phi) is 6.43. The summed E-state index contributed by atoms with van der Waals surface area (Å²) in [6.07, 6.45) is -0.389. The van der Waals surface area contributed by atoms with Crippen molar-refractivity contribution in [2.45, 2.75) is 64.9 Å². The minimum atomic E-state index is -1.16. The van der Waals surface area contributed by atoms with Crippen LogP contribution in [0.2, 0.25) is 0 Å². The van der Waals surface area contributed by atoms with Crippen molar-refractivity contribution >= 4 is 23.5 Å². The van der Waals surface area contributed by atoms with Gasteiger partial charge in [-0.2, -0.15) is 0 Å². The van der Waals surface area contributed by atoms with E-state index in [0.717, 1.165) is 13.8 Å². The maximum Gasteiger partial charge on any atom is 0.302 e. The Morgan fingerprint density at radius 2 is 1.50 bits per heavy atom. The standard InChI is InChI=1S/C24H30O10/c1-10(25)33-8-12(9-34-11(2)26)14-17(28)15-16(20(31)18(14)29)24(5)7-6-13(27)23(3,4)22(24)21(32)19(15)30/h12-13,22,27-29,31H,6-9H2,1-5H3/t13-,22+,24-/m1/s1. The average molecular weight is 478 g/mol. The number of carbonyl (C=O) groups excluding carboxylic acids is 4. The fraction of sp³-hybridized carbons (Fsp3) is 0.583. The molecule has 0 spiro atoms. The molecule has 4 N–H and O–H groups in total.